The molecular weight excluding hydrogens is 296 g/mol. The van der Waals surface area contributed by atoms with Crippen LogP contribution >= 0.6 is 15.9 Å². The highest BCUT2D eigenvalue weighted by atomic mass is 79.9. The summed E-state index contributed by atoms with van der Waals surface area (Å²) in [5.41, 5.74) is 0.828. The zero-order valence-corrected chi connectivity index (χ0v) is 11.7. The van der Waals surface area contributed by atoms with Crippen molar-refractivity contribution in [2.75, 3.05) is 24.8 Å². The van der Waals surface area contributed by atoms with Gasteiger partial charge in [-0.25, -0.2) is 4.98 Å². The first kappa shape index (κ1) is 12.6. The second-order valence-corrected chi connectivity index (χ2v) is 4.42. The lowest BCUT2D eigenvalue weighted by Gasteiger charge is -2.11. The summed E-state index contributed by atoms with van der Waals surface area (Å²) in [6.45, 7) is 0. The second kappa shape index (κ2) is 5.68. The fourth-order valence-electron chi connectivity index (χ4n) is 1.46. The van der Waals surface area contributed by atoms with Gasteiger partial charge >= 0.3 is 0 Å². The minimum absolute atomic E-state index is 0.651. The Morgan fingerprint density at radius 3 is 2.72 bits per heavy atom. The number of aromatic nitrogens is 2. The summed E-state index contributed by atoms with van der Waals surface area (Å²) >= 11 is 3.42. The van der Waals surface area contributed by atoms with Crippen LogP contribution in [0, 0.1) is 0 Å². The van der Waals surface area contributed by atoms with Gasteiger partial charge in [-0.3, -0.25) is 4.98 Å². The highest BCUT2D eigenvalue weighted by Crippen LogP contribution is 2.30. The number of rotatable bonds is 4. The van der Waals surface area contributed by atoms with Gasteiger partial charge in [-0.15, -0.1) is 0 Å². The van der Waals surface area contributed by atoms with Gasteiger partial charge in [-0.2, -0.15) is 0 Å². The standard InChI is InChI=1S/C12H13BrN4O/c1-14-11-6-15-7-12(17-11)16-9-5-8(13)3-4-10(9)18-2/h3-7H,1-2H3,(H2,14,16,17). The molecule has 0 saturated carbocycles. The van der Waals surface area contributed by atoms with Gasteiger partial charge in [0.05, 0.1) is 25.2 Å². The lowest BCUT2D eigenvalue weighted by molar-refractivity contribution is 0.416. The molecule has 1 heterocycles. The molecule has 2 N–H and O–H groups in total. The van der Waals surface area contributed by atoms with Crippen LogP contribution in [0.4, 0.5) is 17.3 Å². The Labute approximate surface area is 114 Å². The molecule has 0 amide bonds. The third-order valence-electron chi connectivity index (χ3n) is 2.31. The fraction of sp³-hybridized carbons (Fsp3) is 0.167. The Bertz CT molecular complexity index is 547. The topological polar surface area (TPSA) is 59.1 Å². The second-order valence-electron chi connectivity index (χ2n) is 3.51. The third-order valence-corrected chi connectivity index (χ3v) is 2.81. The number of hydrogen-bond acceptors (Lipinski definition) is 5. The van der Waals surface area contributed by atoms with Gasteiger partial charge in [0, 0.05) is 11.5 Å². The predicted octanol–water partition coefficient (Wildman–Crippen LogP) is 3.03. The molecule has 0 fully saturated rings. The average molecular weight is 309 g/mol. The molecule has 6 heteroatoms. The molecule has 0 saturated heterocycles. The summed E-state index contributed by atoms with van der Waals surface area (Å²) in [6.07, 6.45) is 3.31. The third kappa shape index (κ3) is 2.89. The quantitative estimate of drug-likeness (QED) is 0.909. The Kier molecular flexibility index (Phi) is 3.99. The lowest BCUT2D eigenvalue weighted by Crippen LogP contribution is -2.00. The van der Waals surface area contributed by atoms with E-state index < -0.39 is 0 Å². The van der Waals surface area contributed by atoms with Crippen molar-refractivity contribution in [3.8, 4) is 5.75 Å². The van der Waals surface area contributed by atoms with Gasteiger partial charge < -0.3 is 15.4 Å². The highest BCUT2D eigenvalue weighted by molar-refractivity contribution is 9.10. The molecule has 94 valence electrons. The maximum atomic E-state index is 5.28. The van der Waals surface area contributed by atoms with Gasteiger partial charge in [-0.05, 0) is 18.2 Å². The number of halogens is 1. The van der Waals surface area contributed by atoms with Crippen LogP contribution in [0.3, 0.4) is 0 Å². The van der Waals surface area contributed by atoms with Crippen molar-refractivity contribution in [1.29, 1.82) is 0 Å². The smallest absolute Gasteiger partial charge is 0.151 e. The number of ether oxygens (including phenoxy) is 1. The molecule has 0 aliphatic rings. The van der Waals surface area contributed by atoms with Crippen molar-refractivity contribution in [1.82, 2.24) is 9.97 Å². The van der Waals surface area contributed by atoms with E-state index in [9.17, 15) is 0 Å². The zero-order valence-electron chi connectivity index (χ0n) is 10.1. The van der Waals surface area contributed by atoms with Crippen molar-refractivity contribution < 1.29 is 4.74 Å². The van der Waals surface area contributed by atoms with Gasteiger partial charge in [-0.1, -0.05) is 15.9 Å². The van der Waals surface area contributed by atoms with Crippen LogP contribution in [0.15, 0.2) is 35.1 Å². The Hall–Kier alpha value is -1.82. The van der Waals surface area contributed by atoms with E-state index in [0.717, 1.165) is 15.9 Å². The summed E-state index contributed by atoms with van der Waals surface area (Å²) in [5, 5.41) is 6.11. The zero-order chi connectivity index (χ0) is 13.0. The molecule has 0 aliphatic carbocycles. The average Bonchev–Trinajstić information content (AvgIpc) is 2.39. The van der Waals surface area contributed by atoms with E-state index in [2.05, 4.69) is 36.5 Å². The molecular formula is C12H13BrN4O. The number of nitrogens with one attached hydrogen (secondary N) is 2. The largest absolute Gasteiger partial charge is 0.495 e. The first-order valence-electron chi connectivity index (χ1n) is 5.33. The Morgan fingerprint density at radius 1 is 1.22 bits per heavy atom. The molecule has 0 spiro atoms. The van der Waals surface area contributed by atoms with Crippen LogP contribution in [0.25, 0.3) is 0 Å². The first-order chi connectivity index (χ1) is 8.72. The Morgan fingerprint density at radius 2 is 2.00 bits per heavy atom. The summed E-state index contributed by atoms with van der Waals surface area (Å²) in [5.74, 6) is 2.10. The van der Waals surface area contributed by atoms with Crippen molar-refractivity contribution >= 4 is 33.3 Å². The highest BCUT2D eigenvalue weighted by Gasteiger charge is 2.05. The van der Waals surface area contributed by atoms with Gasteiger partial charge in [0.25, 0.3) is 0 Å². The molecule has 2 rings (SSSR count). The number of nitrogens with zero attached hydrogens (tertiary/aromatic N) is 2. The van der Waals surface area contributed by atoms with E-state index >= 15 is 0 Å². The van der Waals surface area contributed by atoms with Crippen LogP contribution in [0.2, 0.25) is 0 Å². The maximum Gasteiger partial charge on any atom is 0.151 e. The Balaban J connectivity index is 2.29. The van der Waals surface area contributed by atoms with Crippen LogP contribution < -0.4 is 15.4 Å². The van der Waals surface area contributed by atoms with Crippen LogP contribution in [0.5, 0.6) is 5.75 Å². The fourth-order valence-corrected chi connectivity index (χ4v) is 1.82. The monoisotopic (exact) mass is 308 g/mol. The SMILES string of the molecule is CNc1cncc(Nc2cc(Br)ccc2OC)n1. The van der Waals surface area contributed by atoms with E-state index in [-0.39, 0.29) is 0 Å². The molecule has 2 aromatic rings. The minimum Gasteiger partial charge on any atom is -0.495 e. The van der Waals surface area contributed by atoms with E-state index in [1.807, 2.05) is 18.2 Å². The van der Waals surface area contributed by atoms with Crippen molar-refractivity contribution in [3.05, 3.63) is 35.1 Å². The van der Waals surface area contributed by atoms with Crippen molar-refractivity contribution in [3.63, 3.8) is 0 Å². The normalized spacial score (nSPS) is 9.94. The number of methoxy groups -OCH3 is 1. The molecule has 1 aromatic heterocycles. The molecule has 0 unspecified atom stereocenters. The molecule has 18 heavy (non-hydrogen) atoms. The van der Waals surface area contributed by atoms with E-state index in [0.29, 0.717) is 11.6 Å². The lowest BCUT2D eigenvalue weighted by atomic mass is 10.3. The maximum absolute atomic E-state index is 5.28. The summed E-state index contributed by atoms with van der Waals surface area (Å²) in [6, 6.07) is 5.72. The molecule has 0 bridgehead atoms. The van der Waals surface area contributed by atoms with E-state index in [4.69, 9.17) is 4.74 Å². The van der Waals surface area contributed by atoms with Crippen molar-refractivity contribution in [2.45, 2.75) is 0 Å². The molecule has 1 aromatic carbocycles. The summed E-state index contributed by atoms with van der Waals surface area (Å²) < 4.78 is 6.24. The molecule has 0 aliphatic heterocycles. The van der Waals surface area contributed by atoms with Crippen LogP contribution in [0.1, 0.15) is 0 Å². The van der Waals surface area contributed by atoms with Gasteiger partial charge in [0.2, 0.25) is 0 Å². The van der Waals surface area contributed by atoms with Gasteiger partial charge in [0.1, 0.15) is 11.6 Å². The summed E-state index contributed by atoms with van der Waals surface area (Å²) in [7, 11) is 3.43. The van der Waals surface area contributed by atoms with Crippen LogP contribution in [-0.2, 0) is 0 Å². The van der Waals surface area contributed by atoms with Crippen molar-refractivity contribution in [2.24, 2.45) is 0 Å². The van der Waals surface area contributed by atoms with E-state index in [1.54, 1.807) is 26.6 Å². The minimum atomic E-state index is 0.651. The first-order valence-corrected chi connectivity index (χ1v) is 6.12. The molecule has 0 radical (unpaired) electrons. The summed E-state index contributed by atoms with van der Waals surface area (Å²) in [4.78, 5) is 8.43. The molecule has 5 nitrogen and oxygen atoms in total. The van der Waals surface area contributed by atoms with Crippen LogP contribution in [-0.4, -0.2) is 24.1 Å². The molecule has 0 atom stereocenters. The number of benzene rings is 1. The predicted molar refractivity (Wildman–Crippen MR) is 75.6 cm³/mol. The number of anilines is 3. The number of hydrogen-bond donors (Lipinski definition) is 2. The van der Waals surface area contributed by atoms with Gasteiger partial charge in [0.15, 0.2) is 5.82 Å². The van der Waals surface area contributed by atoms with E-state index in [1.165, 1.54) is 0 Å².